The van der Waals surface area contributed by atoms with Crippen LogP contribution in [0.1, 0.15) is 45.8 Å². The molecule has 1 atom stereocenters. The Kier molecular flexibility index (Phi) is 4.84. The molecule has 0 heterocycles. The van der Waals surface area contributed by atoms with E-state index in [4.69, 9.17) is 0 Å². The van der Waals surface area contributed by atoms with Gasteiger partial charge >= 0.3 is 0 Å². The first-order valence-corrected chi connectivity index (χ1v) is 9.31. The zero-order valence-corrected chi connectivity index (χ0v) is 15.0. The summed E-state index contributed by atoms with van der Waals surface area (Å²) in [6.07, 6.45) is 2.85. The highest BCUT2D eigenvalue weighted by Gasteiger charge is 2.27. The number of ketones is 1. The van der Waals surface area contributed by atoms with Crippen molar-refractivity contribution in [3.63, 3.8) is 0 Å². The zero-order chi connectivity index (χ0) is 18.6. The Hall–Kier alpha value is -3.20. The van der Waals surface area contributed by atoms with Gasteiger partial charge < -0.3 is 5.32 Å². The number of fused-ring (bicyclic) bond motifs is 1. The Balaban J connectivity index is 1.61. The van der Waals surface area contributed by atoms with Crippen molar-refractivity contribution in [2.75, 3.05) is 5.32 Å². The summed E-state index contributed by atoms with van der Waals surface area (Å²) >= 11 is 0. The number of hydrogen-bond donors (Lipinski definition) is 1. The van der Waals surface area contributed by atoms with Crippen LogP contribution in [0, 0.1) is 0 Å². The summed E-state index contributed by atoms with van der Waals surface area (Å²) in [5.41, 5.74) is 4.05. The number of aryl methyl sites for hydroxylation is 1. The molecule has 0 aliphatic heterocycles. The molecule has 27 heavy (non-hydrogen) atoms. The van der Waals surface area contributed by atoms with Crippen molar-refractivity contribution in [1.29, 1.82) is 0 Å². The maximum atomic E-state index is 13.0. The van der Waals surface area contributed by atoms with Gasteiger partial charge in [0.25, 0.3) is 0 Å². The van der Waals surface area contributed by atoms with E-state index in [2.05, 4.69) is 11.4 Å². The van der Waals surface area contributed by atoms with Crippen LogP contribution in [0.4, 0.5) is 5.69 Å². The first-order valence-electron chi connectivity index (χ1n) is 9.31. The molecule has 0 bridgehead atoms. The minimum Gasteiger partial charge on any atom is -0.325 e. The third kappa shape index (κ3) is 3.54. The number of para-hydroxylation sites is 1. The van der Waals surface area contributed by atoms with Crippen molar-refractivity contribution >= 4 is 17.4 Å². The van der Waals surface area contributed by atoms with E-state index < -0.39 is 0 Å². The van der Waals surface area contributed by atoms with Gasteiger partial charge in [-0.25, -0.2) is 0 Å². The van der Waals surface area contributed by atoms with Crippen molar-refractivity contribution in [2.24, 2.45) is 0 Å². The molecule has 1 aliphatic carbocycles. The lowest BCUT2D eigenvalue weighted by Crippen LogP contribution is -2.25. The average molecular weight is 355 g/mol. The molecule has 0 aromatic heterocycles. The molecule has 0 saturated carbocycles. The molecular weight excluding hydrogens is 334 g/mol. The van der Waals surface area contributed by atoms with Gasteiger partial charge in [0.1, 0.15) is 0 Å². The third-order valence-electron chi connectivity index (χ3n) is 5.15. The largest absolute Gasteiger partial charge is 0.325 e. The average Bonchev–Trinajstić information content (AvgIpc) is 2.74. The van der Waals surface area contributed by atoms with E-state index in [-0.39, 0.29) is 17.6 Å². The fraction of sp³-hybridized carbons (Fsp3) is 0.167. The molecule has 134 valence electrons. The van der Waals surface area contributed by atoms with Gasteiger partial charge in [0, 0.05) is 11.1 Å². The fourth-order valence-electron chi connectivity index (χ4n) is 3.78. The maximum absolute atomic E-state index is 13.0. The molecule has 1 aliphatic rings. The SMILES string of the molecule is O=C(c1ccccc1)c1ccccc1NC(=O)C1CCCc2ccccc21. The van der Waals surface area contributed by atoms with Crippen LogP contribution in [-0.4, -0.2) is 11.7 Å². The highest BCUT2D eigenvalue weighted by atomic mass is 16.2. The minimum absolute atomic E-state index is 0.0459. The van der Waals surface area contributed by atoms with Crippen LogP contribution in [0.3, 0.4) is 0 Å². The predicted octanol–water partition coefficient (Wildman–Crippen LogP) is 4.98. The summed E-state index contributed by atoms with van der Waals surface area (Å²) in [6, 6.07) is 24.5. The Morgan fingerprint density at radius 2 is 1.52 bits per heavy atom. The summed E-state index contributed by atoms with van der Waals surface area (Å²) in [6.45, 7) is 0. The molecule has 1 unspecified atom stereocenters. The van der Waals surface area contributed by atoms with Crippen LogP contribution < -0.4 is 5.32 Å². The first-order chi connectivity index (χ1) is 13.2. The molecule has 0 radical (unpaired) electrons. The van der Waals surface area contributed by atoms with Gasteiger partial charge in [0.2, 0.25) is 5.91 Å². The van der Waals surface area contributed by atoms with Crippen molar-refractivity contribution < 1.29 is 9.59 Å². The van der Waals surface area contributed by atoms with Gasteiger partial charge in [-0.2, -0.15) is 0 Å². The number of nitrogens with one attached hydrogen (secondary N) is 1. The highest BCUT2D eigenvalue weighted by Crippen LogP contribution is 2.33. The van der Waals surface area contributed by atoms with Crippen molar-refractivity contribution in [3.05, 3.63) is 101 Å². The van der Waals surface area contributed by atoms with Gasteiger partial charge in [-0.3, -0.25) is 9.59 Å². The van der Waals surface area contributed by atoms with Gasteiger partial charge in [0.05, 0.1) is 11.6 Å². The molecule has 0 spiro atoms. The van der Waals surface area contributed by atoms with Gasteiger partial charge in [0.15, 0.2) is 5.78 Å². The smallest absolute Gasteiger partial charge is 0.231 e. The van der Waals surface area contributed by atoms with Gasteiger partial charge in [-0.1, -0.05) is 66.7 Å². The second kappa shape index (κ2) is 7.58. The maximum Gasteiger partial charge on any atom is 0.231 e. The summed E-state index contributed by atoms with van der Waals surface area (Å²) in [5.74, 6) is -0.305. The summed E-state index contributed by atoms with van der Waals surface area (Å²) in [5, 5.41) is 3.01. The Bertz CT molecular complexity index is 978. The molecule has 3 aromatic rings. The molecule has 0 fully saturated rings. The number of amides is 1. The van der Waals surface area contributed by atoms with Crippen LogP contribution in [-0.2, 0) is 11.2 Å². The predicted molar refractivity (Wildman–Crippen MR) is 107 cm³/mol. The Morgan fingerprint density at radius 3 is 2.37 bits per heavy atom. The quantitative estimate of drug-likeness (QED) is 0.671. The van der Waals surface area contributed by atoms with Gasteiger partial charge in [-0.05, 0) is 42.5 Å². The number of benzene rings is 3. The molecule has 4 rings (SSSR count). The van der Waals surface area contributed by atoms with Crippen LogP contribution >= 0.6 is 0 Å². The molecule has 1 N–H and O–H groups in total. The number of carbonyl (C=O) groups is 2. The Morgan fingerprint density at radius 1 is 0.815 bits per heavy atom. The summed E-state index contributed by atoms with van der Waals surface area (Å²) in [4.78, 5) is 25.9. The van der Waals surface area contributed by atoms with E-state index in [1.54, 1.807) is 24.3 Å². The van der Waals surface area contributed by atoms with Crippen LogP contribution in [0.25, 0.3) is 0 Å². The van der Waals surface area contributed by atoms with Crippen molar-refractivity contribution in [1.82, 2.24) is 0 Å². The van der Waals surface area contributed by atoms with E-state index in [0.29, 0.717) is 16.8 Å². The van der Waals surface area contributed by atoms with Crippen molar-refractivity contribution in [2.45, 2.75) is 25.2 Å². The number of anilines is 1. The summed E-state index contributed by atoms with van der Waals surface area (Å²) in [7, 11) is 0. The lowest BCUT2D eigenvalue weighted by Gasteiger charge is -2.25. The van der Waals surface area contributed by atoms with E-state index >= 15 is 0 Å². The molecule has 3 nitrogen and oxygen atoms in total. The minimum atomic E-state index is -0.171. The van der Waals surface area contributed by atoms with Crippen LogP contribution in [0.15, 0.2) is 78.9 Å². The lowest BCUT2D eigenvalue weighted by molar-refractivity contribution is -0.117. The highest BCUT2D eigenvalue weighted by molar-refractivity contribution is 6.14. The van der Waals surface area contributed by atoms with E-state index in [0.717, 1.165) is 24.8 Å². The number of hydrogen-bond acceptors (Lipinski definition) is 2. The van der Waals surface area contributed by atoms with Gasteiger partial charge in [-0.15, -0.1) is 0 Å². The molecule has 1 amide bonds. The fourth-order valence-corrected chi connectivity index (χ4v) is 3.78. The number of rotatable bonds is 4. The van der Waals surface area contributed by atoms with Crippen molar-refractivity contribution in [3.8, 4) is 0 Å². The van der Waals surface area contributed by atoms with E-state index in [1.165, 1.54) is 5.56 Å². The molecule has 0 saturated heterocycles. The zero-order valence-electron chi connectivity index (χ0n) is 15.0. The normalized spacial score (nSPS) is 15.6. The topological polar surface area (TPSA) is 46.2 Å². The monoisotopic (exact) mass is 355 g/mol. The Labute approximate surface area is 159 Å². The van der Waals surface area contributed by atoms with Crippen LogP contribution in [0.5, 0.6) is 0 Å². The second-order valence-corrected chi connectivity index (χ2v) is 6.87. The lowest BCUT2D eigenvalue weighted by atomic mass is 9.82. The standard InChI is InChI=1S/C24H21NO2/c26-23(18-10-2-1-3-11-18)21-14-6-7-16-22(21)25-24(27)20-15-8-12-17-9-4-5-13-19(17)20/h1-7,9-11,13-14,16,20H,8,12,15H2,(H,25,27). The second-order valence-electron chi connectivity index (χ2n) is 6.87. The van der Waals surface area contributed by atoms with E-state index in [1.807, 2.05) is 48.5 Å². The first kappa shape index (κ1) is 17.2. The third-order valence-corrected chi connectivity index (χ3v) is 5.15. The summed E-state index contributed by atoms with van der Waals surface area (Å²) < 4.78 is 0. The molecular formula is C24H21NO2. The van der Waals surface area contributed by atoms with Crippen LogP contribution in [0.2, 0.25) is 0 Å². The molecule has 3 heteroatoms. The molecule has 3 aromatic carbocycles. The number of carbonyl (C=O) groups excluding carboxylic acids is 2. The van der Waals surface area contributed by atoms with E-state index in [9.17, 15) is 9.59 Å².